The second-order valence-corrected chi connectivity index (χ2v) is 5.98. The third kappa shape index (κ3) is 3.52. The Labute approximate surface area is 115 Å². The molecular weight excluding hydrogens is 242 g/mol. The normalized spacial score (nSPS) is 14.9. The molecule has 18 heavy (non-hydrogen) atoms. The number of rotatable bonds is 5. The van der Waals surface area contributed by atoms with E-state index in [-0.39, 0.29) is 5.91 Å². The Morgan fingerprint density at radius 1 is 1.44 bits per heavy atom. The highest BCUT2D eigenvalue weighted by molar-refractivity contribution is 7.80. The van der Waals surface area contributed by atoms with Crippen molar-refractivity contribution in [1.82, 2.24) is 4.90 Å². The number of carbonyl (C=O) groups is 1. The molecule has 1 saturated carbocycles. The van der Waals surface area contributed by atoms with Crippen LogP contribution in [0.1, 0.15) is 43.5 Å². The number of amides is 1. The summed E-state index contributed by atoms with van der Waals surface area (Å²) in [6.45, 7) is 5.27. The Bertz CT molecular complexity index is 426. The molecule has 1 aromatic rings. The van der Waals surface area contributed by atoms with E-state index in [1.54, 1.807) is 0 Å². The van der Waals surface area contributed by atoms with Crippen LogP contribution in [-0.4, -0.2) is 23.4 Å². The summed E-state index contributed by atoms with van der Waals surface area (Å²) in [6, 6.07) is 8.00. The summed E-state index contributed by atoms with van der Waals surface area (Å²) in [5.74, 6) is 0.796. The fourth-order valence-corrected chi connectivity index (χ4v) is 2.26. The van der Waals surface area contributed by atoms with Crippen LogP contribution in [0.4, 0.5) is 0 Å². The number of benzene rings is 1. The van der Waals surface area contributed by atoms with Crippen LogP contribution in [0, 0.1) is 5.92 Å². The molecule has 0 N–H and O–H groups in total. The van der Waals surface area contributed by atoms with E-state index in [0.29, 0.717) is 12.0 Å². The Kier molecular flexibility index (Phi) is 4.33. The summed E-state index contributed by atoms with van der Waals surface area (Å²) in [4.78, 5) is 15.4. The largest absolute Gasteiger partial charge is 0.336 e. The van der Waals surface area contributed by atoms with Gasteiger partial charge in [-0.15, -0.1) is 12.6 Å². The molecule has 98 valence electrons. The zero-order valence-electron chi connectivity index (χ0n) is 11.1. The average Bonchev–Trinajstić information content (AvgIpc) is 3.13. The first kappa shape index (κ1) is 13.5. The topological polar surface area (TPSA) is 20.3 Å². The van der Waals surface area contributed by atoms with Crippen LogP contribution in [0.2, 0.25) is 0 Å². The van der Waals surface area contributed by atoms with Crippen molar-refractivity contribution in [3.8, 4) is 0 Å². The molecule has 1 amide bonds. The van der Waals surface area contributed by atoms with Gasteiger partial charge in [0.2, 0.25) is 0 Å². The van der Waals surface area contributed by atoms with Gasteiger partial charge in [-0.1, -0.05) is 19.9 Å². The minimum absolute atomic E-state index is 0.161. The van der Waals surface area contributed by atoms with E-state index in [4.69, 9.17) is 0 Å². The van der Waals surface area contributed by atoms with E-state index in [2.05, 4.69) is 26.5 Å². The van der Waals surface area contributed by atoms with Crippen LogP contribution in [-0.2, 0) is 0 Å². The van der Waals surface area contributed by atoms with Gasteiger partial charge in [0.25, 0.3) is 5.91 Å². The Morgan fingerprint density at radius 3 is 2.72 bits per heavy atom. The van der Waals surface area contributed by atoms with Crippen molar-refractivity contribution >= 4 is 18.5 Å². The fraction of sp³-hybridized carbons (Fsp3) is 0.533. The standard InChI is InChI=1S/C15H21NOS/c1-11(2)8-9-16(13-6-7-13)15(17)12-4-3-5-14(18)10-12/h3-5,10-11,13,18H,6-9H2,1-2H3. The van der Waals surface area contributed by atoms with E-state index in [1.165, 1.54) is 0 Å². The number of thiol groups is 1. The van der Waals surface area contributed by atoms with Crippen molar-refractivity contribution in [1.29, 1.82) is 0 Å². The van der Waals surface area contributed by atoms with Gasteiger partial charge in [0.15, 0.2) is 0 Å². The molecule has 0 saturated heterocycles. The van der Waals surface area contributed by atoms with Crippen molar-refractivity contribution in [2.24, 2.45) is 5.92 Å². The van der Waals surface area contributed by atoms with E-state index in [0.717, 1.165) is 36.3 Å². The predicted molar refractivity (Wildman–Crippen MR) is 77.2 cm³/mol. The minimum Gasteiger partial charge on any atom is -0.336 e. The number of hydrogen-bond donors (Lipinski definition) is 1. The highest BCUT2D eigenvalue weighted by Crippen LogP contribution is 2.29. The van der Waals surface area contributed by atoms with Gasteiger partial charge in [-0.2, -0.15) is 0 Å². The molecule has 0 heterocycles. The summed E-state index contributed by atoms with van der Waals surface area (Å²) >= 11 is 4.30. The van der Waals surface area contributed by atoms with Crippen LogP contribution in [0.15, 0.2) is 29.2 Å². The monoisotopic (exact) mass is 263 g/mol. The van der Waals surface area contributed by atoms with Gasteiger partial charge in [0, 0.05) is 23.0 Å². The van der Waals surface area contributed by atoms with Gasteiger partial charge < -0.3 is 4.90 Å². The number of carbonyl (C=O) groups excluding carboxylic acids is 1. The average molecular weight is 263 g/mol. The zero-order chi connectivity index (χ0) is 13.1. The summed E-state index contributed by atoms with van der Waals surface area (Å²) in [6.07, 6.45) is 3.39. The zero-order valence-corrected chi connectivity index (χ0v) is 12.0. The smallest absolute Gasteiger partial charge is 0.254 e. The molecule has 1 fully saturated rings. The molecule has 1 aliphatic rings. The first-order valence-electron chi connectivity index (χ1n) is 6.68. The van der Waals surface area contributed by atoms with Crippen LogP contribution in [0.5, 0.6) is 0 Å². The molecule has 1 aromatic carbocycles. The van der Waals surface area contributed by atoms with Gasteiger partial charge in [-0.3, -0.25) is 4.79 Å². The molecule has 3 heteroatoms. The first-order valence-corrected chi connectivity index (χ1v) is 7.12. The van der Waals surface area contributed by atoms with Crippen molar-refractivity contribution < 1.29 is 4.79 Å². The van der Waals surface area contributed by atoms with Crippen molar-refractivity contribution in [2.45, 2.75) is 44.0 Å². The molecule has 0 radical (unpaired) electrons. The van der Waals surface area contributed by atoms with Crippen LogP contribution < -0.4 is 0 Å². The summed E-state index contributed by atoms with van der Waals surface area (Å²) < 4.78 is 0. The van der Waals surface area contributed by atoms with Gasteiger partial charge in [-0.25, -0.2) is 0 Å². The molecule has 0 aromatic heterocycles. The maximum absolute atomic E-state index is 12.5. The van der Waals surface area contributed by atoms with E-state index < -0.39 is 0 Å². The number of hydrogen-bond acceptors (Lipinski definition) is 2. The quantitative estimate of drug-likeness (QED) is 0.804. The van der Waals surface area contributed by atoms with E-state index in [9.17, 15) is 4.79 Å². The first-order chi connectivity index (χ1) is 8.58. The second kappa shape index (κ2) is 5.79. The lowest BCUT2D eigenvalue weighted by Crippen LogP contribution is -2.34. The highest BCUT2D eigenvalue weighted by atomic mass is 32.1. The molecule has 0 spiro atoms. The maximum atomic E-state index is 12.5. The van der Waals surface area contributed by atoms with E-state index >= 15 is 0 Å². The lowest BCUT2D eigenvalue weighted by molar-refractivity contribution is 0.0735. The number of nitrogens with zero attached hydrogens (tertiary/aromatic N) is 1. The van der Waals surface area contributed by atoms with E-state index in [1.807, 2.05) is 29.2 Å². The third-order valence-electron chi connectivity index (χ3n) is 3.29. The molecule has 2 rings (SSSR count). The molecule has 1 aliphatic carbocycles. The summed E-state index contributed by atoms with van der Waals surface area (Å²) in [7, 11) is 0. The van der Waals surface area contributed by atoms with Crippen molar-refractivity contribution in [3.63, 3.8) is 0 Å². The highest BCUT2D eigenvalue weighted by Gasteiger charge is 2.32. The van der Waals surface area contributed by atoms with Crippen LogP contribution in [0.25, 0.3) is 0 Å². The molecule has 0 unspecified atom stereocenters. The lowest BCUT2D eigenvalue weighted by atomic mass is 10.1. The predicted octanol–water partition coefficient (Wildman–Crippen LogP) is 3.63. The minimum atomic E-state index is 0.161. The Balaban J connectivity index is 2.08. The lowest BCUT2D eigenvalue weighted by Gasteiger charge is -2.23. The Hall–Kier alpha value is -0.960. The van der Waals surface area contributed by atoms with Crippen LogP contribution >= 0.6 is 12.6 Å². The maximum Gasteiger partial charge on any atom is 0.254 e. The van der Waals surface area contributed by atoms with Gasteiger partial charge in [0.05, 0.1) is 0 Å². The second-order valence-electron chi connectivity index (χ2n) is 5.46. The van der Waals surface area contributed by atoms with Gasteiger partial charge >= 0.3 is 0 Å². The van der Waals surface area contributed by atoms with Crippen molar-refractivity contribution in [3.05, 3.63) is 29.8 Å². The van der Waals surface area contributed by atoms with Crippen molar-refractivity contribution in [2.75, 3.05) is 6.54 Å². The molecule has 0 aliphatic heterocycles. The molecule has 0 atom stereocenters. The van der Waals surface area contributed by atoms with Gasteiger partial charge in [0.1, 0.15) is 0 Å². The molecular formula is C15H21NOS. The molecule has 0 bridgehead atoms. The third-order valence-corrected chi connectivity index (χ3v) is 3.57. The summed E-state index contributed by atoms with van der Waals surface area (Å²) in [5.41, 5.74) is 0.762. The summed E-state index contributed by atoms with van der Waals surface area (Å²) in [5, 5.41) is 0. The SMILES string of the molecule is CC(C)CCN(C(=O)c1cccc(S)c1)C1CC1. The van der Waals surface area contributed by atoms with Gasteiger partial charge in [-0.05, 0) is 43.4 Å². The Morgan fingerprint density at radius 2 is 2.17 bits per heavy atom. The molecule has 2 nitrogen and oxygen atoms in total. The fourth-order valence-electron chi connectivity index (χ4n) is 2.04. The van der Waals surface area contributed by atoms with Crippen LogP contribution in [0.3, 0.4) is 0 Å².